The molecule has 1 aromatic rings. The van der Waals surface area contributed by atoms with Crippen molar-refractivity contribution in [2.45, 2.75) is 25.8 Å². The Balaban J connectivity index is 1.84. The van der Waals surface area contributed by atoms with Crippen LogP contribution >= 0.6 is 0 Å². The number of hydrogen-bond donors (Lipinski definition) is 1. The van der Waals surface area contributed by atoms with Gasteiger partial charge in [-0.3, -0.25) is 4.79 Å². The van der Waals surface area contributed by atoms with E-state index in [-0.39, 0.29) is 11.8 Å². The van der Waals surface area contributed by atoms with E-state index in [1.54, 1.807) is 0 Å². The molecule has 0 aliphatic heterocycles. The average molecular weight is 258 g/mol. The number of nitrogens with one attached hydrogen (secondary N) is 1. The van der Waals surface area contributed by atoms with Crippen molar-refractivity contribution in [2.75, 3.05) is 19.0 Å². The molecule has 1 atom stereocenters. The standard InChI is InChI=1S/C16H22N2O/c1-18(2)15-10-8-13(9-11-15)12-17-16(19)14-6-4-3-5-7-14/h3-4,8-11,14H,5-7,12H2,1-2H3,(H,17,19)/t14-/m1/s1. The van der Waals surface area contributed by atoms with Crippen molar-refractivity contribution in [3.63, 3.8) is 0 Å². The topological polar surface area (TPSA) is 32.3 Å². The van der Waals surface area contributed by atoms with E-state index < -0.39 is 0 Å². The molecule has 2 rings (SSSR count). The van der Waals surface area contributed by atoms with Crippen molar-refractivity contribution in [3.05, 3.63) is 42.0 Å². The number of hydrogen-bond acceptors (Lipinski definition) is 2. The first-order chi connectivity index (χ1) is 9.16. The van der Waals surface area contributed by atoms with Crippen molar-refractivity contribution in [2.24, 2.45) is 5.92 Å². The van der Waals surface area contributed by atoms with E-state index in [0.717, 1.165) is 24.8 Å². The fourth-order valence-electron chi connectivity index (χ4n) is 2.28. The molecule has 0 unspecified atom stereocenters. The van der Waals surface area contributed by atoms with E-state index >= 15 is 0 Å². The van der Waals surface area contributed by atoms with E-state index in [2.05, 4.69) is 46.6 Å². The molecule has 3 nitrogen and oxygen atoms in total. The molecule has 0 saturated carbocycles. The van der Waals surface area contributed by atoms with Crippen LogP contribution in [-0.2, 0) is 11.3 Å². The van der Waals surface area contributed by atoms with Crippen LogP contribution < -0.4 is 10.2 Å². The third-order valence-corrected chi connectivity index (χ3v) is 3.56. The highest BCUT2D eigenvalue weighted by Crippen LogP contribution is 2.18. The van der Waals surface area contributed by atoms with Gasteiger partial charge in [-0.05, 0) is 37.0 Å². The van der Waals surface area contributed by atoms with Crippen LogP contribution in [0.25, 0.3) is 0 Å². The van der Waals surface area contributed by atoms with Gasteiger partial charge in [0.15, 0.2) is 0 Å². The summed E-state index contributed by atoms with van der Waals surface area (Å²) in [4.78, 5) is 14.1. The van der Waals surface area contributed by atoms with Gasteiger partial charge in [0.1, 0.15) is 0 Å². The highest BCUT2D eigenvalue weighted by atomic mass is 16.1. The minimum atomic E-state index is 0.158. The van der Waals surface area contributed by atoms with Crippen molar-refractivity contribution in [1.82, 2.24) is 5.32 Å². The molecule has 0 bridgehead atoms. The third-order valence-electron chi connectivity index (χ3n) is 3.56. The quantitative estimate of drug-likeness (QED) is 0.842. The molecule has 0 spiro atoms. The zero-order valence-corrected chi connectivity index (χ0v) is 11.7. The Morgan fingerprint density at radius 1 is 1.26 bits per heavy atom. The van der Waals surface area contributed by atoms with Gasteiger partial charge in [0.05, 0.1) is 0 Å². The van der Waals surface area contributed by atoms with Gasteiger partial charge in [-0.2, -0.15) is 0 Å². The third kappa shape index (κ3) is 3.85. The maximum Gasteiger partial charge on any atom is 0.223 e. The second-order valence-corrected chi connectivity index (χ2v) is 5.26. The highest BCUT2D eigenvalue weighted by molar-refractivity contribution is 5.79. The number of benzene rings is 1. The minimum absolute atomic E-state index is 0.158. The van der Waals surface area contributed by atoms with Gasteiger partial charge in [0.25, 0.3) is 0 Å². The zero-order valence-electron chi connectivity index (χ0n) is 11.7. The molecular formula is C16H22N2O. The number of carbonyl (C=O) groups excluding carboxylic acids is 1. The number of allylic oxidation sites excluding steroid dienone is 2. The predicted molar refractivity (Wildman–Crippen MR) is 79.1 cm³/mol. The molecule has 1 amide bonds. The van der Waals surface area contributed by atoms with Gasteiger partial charge < -0.3 is 10.2 Å². The van der Waals surface area contributed by atoms with E-state index in [4.69, 9.17) is 0 Å². The van der Waals surface area contributed by atoms with Gasteiger partial charge in [-0.1, -0.05) is 24.3 Å². The fourth-order valence-corrected chi connectivity index (χ4v) is 2.28. The predicted octanol–water partition coefficient (Wildman–Crippen LogP) is 2.73. The molecule has 0 radical (unpaired) electrons. The molecule has 19 heavy (non-hydrogen) atoms. The minimum Gasteiger partial charge on any atom is -0.378 e. The van der Waals surface area contributed by atoms with Gasteiger partial charge in [-0.15, -0.1) is 0 Å². The van der Waals surface area contributed by atoms with Crippen LogP contribution in [0.4, 0.5) is 5.69 Å². The second-order valence-electron chi connectivity index (χ2n) is 5.26. The lowest BCUT2D eigenvalue weighted by atomic mass is 9.93. The first-order valence-electron chi connectivity index (χ1n) is 6.86. The maximum absolute atomic E-state index is 12.0. The SMILES string of the molecule is CN(C)c1ccc(CNC(=O)[C@@H]2CC=CCC2)cc1. The Hall–Kier alpha value is -1.77. The summed E-state index contributed by atoms with van der Waals surface area (Å²) >= 11 is 0. The second kappa shape index (κ2) is 6.41. The van der Waals surface area contributed by atoms with E-state index in [1.807, 2.05) is 14.1 Å². The summed E-state index contributed by atoms with van der Waals surface area (Å²) in [5.41, 5.74) is 2.32. The molecule has 102 valence electrons. The van der Waals surface area contributed by atoms with Crippen LogP contribution in [-0.4, -0.2) is 20.0 Å². The molecule has 1 aliphatic rings. The lowest BCUT2D eigenvalue weighted by Gasteiger charge is -2.17. The number of nitrogens with zero attached hydrogens (tertiary/aromatic N) is 1. The molecular weight excluding hydrogens is 236 g/mol. The average Bonchev–Trinajstić information content (AvgIpc) is 2.46. The summed E-state index contributed by atoms with van der Waals surface area (Å²) < 4.78 is 0. The summed E-state index contributed by atoms with van der Waals surface area (Å²) in [6, 6.07) is 8.28. The van der Waals surface area contributed by atoms with Crippen LogP contribution in [0, 0.1) is 5.92 Å². The van der Waals surface area contributed by atoms with Crippen LogP contribution in [0.1, 0.15) is 24.8 Å². The first-order valence-corrected chi connectivity index (χ1v) is 6.86. The largest absolute Gasteiger partial charge is 0.378 e. The maximum atomic E-state index is 12.0. The van der Waals surface area contributed by atoms with E-state index in [1.165, 1.54) is 5.69 Å². The Kier molecular flexibility index (Phi) is 4.61. The summed E-state index contributed by atoms with van der Waals surface area (Å²) in [6.07, 6.45) is 7.15. The Bertz CT molecular complexity index is 448. The summed E-state index contributed by atoms with van der Waals surface area (Å²) in [5, 5.41) is 3.03. The lowest BCUT2D eigenvalue weighted by molar-refractivity contribution is -0.125. The van der Waals surface area contributed by atoms with E-state index in [0.29, 0.717) is 6.54 Å². The Morgan fingerprint density at radius 3 is 2.58 bits per heavy atom. The van der Waals surface area contributed by atoms with E-state index in [9.17, 15) is 4.79 Å². The van der Waals surface area contributed by atoms with Gasteiger partial charge in [0, 0.05) is 32.2 Å². The Morgan fingerprint density at radius 2 is 2.00 bits per heavy atom. The van der Waals surface area contributed by atoms with Crippen LogP contribution in [0.2, 0.25) is 0 Å². The monoisotopic (exact) mass is 258 g/mol. The van der Waals surface area contributed by atoms with Crippen molar-refractivity contribution in [1.29, 1.82) is 0 Å². The fraction of sp³-hybridized carbons (Fsp3) is 0.438. The van der Waals surface area contributed by atoms with Crippen LogP contribution in [0.5, 0.6) is 0 Å². The number of amides is 1. The number of anilines is 1. The highest BCUT2D eigenvalue weighted by Gasteiger charge is 2.17. The summed E-state index contributed by atoms with van der Waals surface area (Å²) in [6.45, 7) is 0.618. The molecule has 1 N–H and O–H groups in total. The normalized spacial score (nSPS) is 18.1. The van der Waals surface area contributed by atoms with Gasteiger partial charge >= 0.3 is 0 Å². The molecule has 0 aromatic heterocycles. The molecule has 1 aliphatic carbocycles. The molecule has 0 fully saturated rings. The molecule has 0 heterocycles. The van der Waals surface area contributed by atoms with Crippen molar-refractivity contribution < 1.29 is 4.79 Å². The molecule has 3 heteroatoms. The Labute approximate surface area is 115 Å². The van der Waals surface area contributed by atoms with Crippen molar-refractivity contribution >= 4 is 11.6 Å². The van der Waals surface area contributed by atoms with Gasteiger partial charge in [0.2, 0.25) is 5.91 Å². The lowest BCUT2D eigenvalue weighted by Crippen LogP contribution is -2.30. The smallest absolute Gasteiger partial charge is 0.223 e. The first kappa shape index (κ1) is 13.7. The molecule has 1 aromatic carbocycles. The zero-order chi connectivity index (χ0) is 13.7. The van der Waals surface area contributed by atoms with Crippen molar-refractivity contribution in [3.8, 4) is 0 Å². The van der Waals surface area contributed by atoms with Gasteiger partial charge in [-0.25, -0.2) is 0 Å². The summed E-state index contributed by atoms with van der Waals surface area (Å²) in [7, 11) is 4.04. The number of carbonyl (C=O) groups is 1. The molecule has 0 saturated heterocycles. The summed E-state index contributed by atoms with van der Waals surface area (Å²) in [5.74, 6) is 0.340. The van der Waals surface area contributed by atoms with Crippen LogP contribution in [0.15, 0.2) is 36.4 Å². The number of rotatable bonds is 4. The van der Waals surface area contributed by atoms with Crippen LogP contribution in [0.3, 0.4) is 0 Å².